The lowest BCUT2D eigenvalue weighted by atomic mass is 10.3. The average Bonchev–Trinajstić information content (AvgIpc) is 2.27. The van der Waals surface area contributed by atoms with Gasteiger partial charge in [-0.25, -0.2) is 4.98 Å². The molecule has 0 saturated heterocycles. The Hall–Kier alpha value is -1.54. The van der Waals surface area contributed by atoms with E-state index in [9.17, 15) is 18.0 Å². The number of rotatable bonds is 5. The van der Waals surface area contributed by atoms with Crippen LogP contribution in [0.4, 0.5) is 18.9 Å². The van der Waals surface area contributed by atoms with Crippen molar-refractivity contribution in [2.45, 2.75) is 12.6 Å². The molecule has 108 valence electrons. The van der Waals surface area contributed by atoms with Crippen LogP contribution in [-0.4, -0.2) is 30.2 Å². The van der Waals surface area contributed by atoms with Crippen LogP contribution in [0.15, 0.2) is 18.3 Å². The SMILES string of the molecule is Cl.NCCC(=O)Nc1ccc(OCC(F)(F)F)nc1. The fourth-order valence-electron chi connectivity index (χ4n) is 1.05. The zero-order chi connectivity index (χ0) is 13.6. The highest BCUT2D eigenvalue weighted by molar-refractivity contribution is 5.90. The summed E-state index contributed by atoms with van der Waals surface area (Å²) in [5.41, 5.74) is 5.55. The van der Waals surface area contributed by atoms with Gasteiger partial charge in [0.1, 0.15) is 0 Å². The van der Waals surface area contributed by atoms with Crippen molar-refractivity contribution in [3.8, 4) is 5.88 Å². The molecule has 0 atom stereocenters. The second-order valence-corrected chi connectivity index (χ2v) is 3.38. The van der Waals surface area contributed by atoms with Gasteiger partial charge in [0.15, 0.2) is 6.61 Å². The lowest BCUT2D eigenvalue weighted by molar-refractivity contribution is -0.154. The maximum atomic E-state index is 11.9. The number of amides is 1. The number of carbonyl (C=O) groups excluding carboxylic acids is 1. The molecule has 0 unspecified atom stereocenters. The average molecular weight is 300 g/mol. The molecule has 5 nitrogen and oxygen atoms in total. The third kappa shape index (κ3) is 7.47. The third-order valence-corrected chi connectivity index (χ3v) is 1.78. The minimum Gasteiger partial charge on any atom is -0.468 e. The van der Waals surface area contributed by atoms with Gasteiger partial charge in [0, 0.05) is 19.0 Å². The fraction of sp³-hybridized carbons (Fsp3) is 0.400. The van der Waals surface area contributed by atoms with Crippen molar-refractivity contribution in [3.05, 3.63) is 18.3 Å². The Bertz CT molecular complexity index is 398. The smallest absolute Gasteiger partial charge is 0.422 e. The number of ether oxygens (including phenoxy) is 1. The molecule has 1 amide bonds. The van der Waals surface area contributed by atoms with Gasteiger partial charge in [-0.3, -0.25) is 4.79 Å². The van der Waals surface area contributed by atoms with Gasteiger partial charge in [-0.05, 0) is 6.07 Å². The van der Waals surface area contributed by atoms with Crippen molar-refractivity contribution < 1.29 is 22.7 Å². The first-order chi connectivity index (χ1) is 8.40. The first-order valence-electron chi connectivity index (χ1n) is 5.06. The molecule has 1 heterocycles. The number of nitrogens with one attached hydrogen (secondary N) is 1. The maximum Gasteiger partial charge on any atom is 0.422 e. The van der Waals surface area contributed by atoms with Crippen molar-refractivity contribution in [1.29, 1.82) is 0 Å². The molecule has 0 aliphatic rings. The van der Waals surface area contributed by atoms with Crippen molar-refractivity contribution in [1.82, 2.24) is 4.98 Å². The normalized spacial score (nSPS) is 10.5. The number of carbonyl (C=O) groups is 1. The quantitative estimate of drug-likeness (QED) is 0.868. The molecule has 0 aliphatic heterocycles. The van der Waals surface area contributed by atoms with Gasteiger partial charge < -0.3 is 15.8 Å². The van der Waals surface area contributed by atoms with Crippen molar-refractivity contribution >= 4 is 24.0 Å². The van der Waals surface area contributed by atoms with Crippen LogP contribution in [0.2, 0.25) is 0 Å². The molecule has 0 aromatic carbocycles. The van der Waals surface area contributed by atoms with E-state index >= 15 is 0 Å². The monoisotopic (exact) mass is 299 g/mol. The van der Waals surface area contributed by atoms with E-state index in [4.69, 9.17) is 5.73 Å². The van der Waals surface area contributed by atoms with Gasteiger partial charge in [0.25, 0.3) is 0 Å². The van der Waals surface area contributed by atoms with Gasteiger partial charge in [-0.1, -0.05) is 0 Å². The third-order valence-electron chi connectivity index (χ3n) is 1.78. The molecule has 0 saturated carbocycles. The Kier molecular flexibility index (Phi) is 7.17. The van der Waals surface area contributed by atoms with Crippen LogP contribution in [0.3, 0.4) is 0 Å². The molecule has 19 heavy (non-hydrogen) atoms. The first kappa shape index (κ1) is 17.5. The fourth-order valence-corrected chi connectivity index (χ4v) is 1.05. The van der Waals surface area contributed by atoms with Crippen LogP contribution in [0, 0.1) is 0 Å². The summed E-state index contributed by atoms with van der Waals surface area (Å²) >= 11 is 0. The van der Waals surface area contributed by atoms with Gasteiger partial charge in [-0.2, -0.15) is 13.2 Å². The summed E-state index contributed by atoms with van der Waals surface area (Å²) in [5.74, 6) is -0.451. The Balaban J connectivity index is 0.00000324. The van der Waals surface area contributed by atoms with E-state index in [-0.39, 0.29) is 37.2 Å². The van der Waals surface area contributed by atoms with E-state index in [1.54, 1.807) is 0 Å². The number of halogens is 4. The summed E-state index contributed by atoms with van der Waals surface area (Å²) in [6.07, 6.45) is -3.04. The van der Waals surface area contributed by atoms with E-state index in [1.165, 1.54) is 18.3 Å². The molecule has 3 N–H and O–H groups in total. The second-order valence-electron chi connectivity index (χ2n) is 3.38. The number of pyridine rings is 1. The number of nitrogens with two attached hydrogens (primary N) is 1. The highest BCUT2D eigenvalue weighted by atomic mass is 35.5. The zero-order valence-corrected chi connectivity index (χ0v) is 10.6. The van der Waals surface area contributed by atoms with Crippen LogP contribution in [-0.2, 0) is 4.79 Å². The summed E-state index contributed by atoms with van der Waals surface area (Å²) in [7, 11) is 0. The predicted octanol–water partition coefficient (Wildman–Crippen LogP) is 1.73. The number of aromatic nitrogens is 1. The lowest BCUT2D eigenvalue weighted by Crippen LogP contribution is -2.19. The minimum absolute atomic E-state index is 0. The standard InChI is InChI=1S/C10H12F3N3O2.ClH/c11-10(12,13)6-18-9-2-1-7(5-15-9)16-8(17)3-4-14;/h1-2,5H,3-4,6,14H2,(H,16,17);1H. The molecule has 1 rings (SSSR count). The Morgan fingerprint density at radius 3 is 2.58 bits per heavy atom. The number of hydrogen-bond acceptors (Lipinski definition) is 4. The van der Waals surface area contributed by atoms with Gasteiger partial charge in [0.2, 0.25) is 11.8 Å². The highest BCUT2D eigenvalue weighted by Gasteiger charge is 2.28. The molecule has 0 fully saturated rings. The molecule has 1 aromatic heterocycles. The summed E-state index contributed by atoms with van der Waals surface area (Å²) in [6.45, 7) is -1.19. The summed E-state index contributed by atoms with van der Waals surface area (Å²) in [5, 5.41) is 2.48. The van der Waals surface area contributed by atoms with Crippen molar-refractivity contribution in [2.24, 2.45) is 5.73 Å². The van der Waals surface area contributed by atoms with E-state index in [1.807, 2.05) is 0 Å². The molecular weight excluding hydrogens is 287 g/mol. The van der Waals surface area contributed by atoms with E-state index in [0.717, 1.165) is 0 Å². The molecule has 0 spiro atoms. The molecule has 0 bridgehead atoms. The lowest BCUT2D eigenvalue weighted by Gasteiger charge is -2.09. The van der Waals surface area contributed by atoms with Crippen LogP contribution in [0.5, 0.6) is 5.88 Å². The molecule has 9 heteroatoms. The van der Waals surface area contributed by atoms with E-state index < -0.39 is 12.8 Å². The zero-order valence-electron chi connectivity index (χ0n) is 9.74. The van der Waals surface area contributed by atoms with Gasteiger partial charge in [-0.15, -0.1) is 12.4 Å². The summed E-state index contributed by atoms with van der Waals surface area (Å²) in [4.78, 5) is 14.8. The van der Waals surface area contributed by atoms with Crippen molar-refractivity contribution in [3.63, 3.8) is 0 Å². The number of nitrogens with zero attached hydrogens (tertiary/aromatic N) is 1. The first-order valence-corrected chi connectivity index (χ1v) is 5.06. The van der Waals surface area contributed by atoms with E-state index in [2.05, 4.69) is 15.0 Å². The Morgan fingerprint density at radius 2 is 2.11 bits per heavy atom. The number of hydrogen-bond donors (Lipinski definition) is 2. The van der Waals surface area contributed by atoms with Crippen LogP contribution in [0.25, 0.3) is 0 Å². The van der Waals surface area contributed by atoms with Crippen LogP contribution < -0.4 is 15.8 Å². The highest BCUT2D eigenvalue weighted by Crippen LogP contribution is 2.17. The number of anilines is 1. The Morgan fingerprint density at radius 1 is 1.42 bits per heavy atom. The summed E-state index contributed by atoms with van der Waals surface area (Å²) in [6, 6.07) is 2.64. The summed E-state index contributed by atoms with van der Waals surface area (Å²) < 4.78 is 40.0. The molecule has 0 radical (unpaired) electrons. The van der Waals surface area contributed by atoms with Crippen molar-refractivity contribution in [2.75, 3.05) is 18.5 Å². The maximum absolute atomic E-state index is 11.9. The van der Waals surface area contributed by atoms with Crippen LogP contribution in [0.1, 0.15) is 6.42 Å². The molecule has 0 aliphatic carbocycles. The molecular formula is C10H13ClF3N3O2. The largest absolute Gasteiger partial charge is 0.468 e. The molecule has 1 aromatic rings. The second kappa shape index (κ2) is 7.80. The predicted molar refractivity (Wildman–Crippen MR) is 65.3 cm³/mol. The Labute approximate surface area is 113 Å². The number of alkyl halides is 3. The minimum atomic E-state index is -4.41. The topological polar surface area (TPSA) is 77.2 Å². The van der Waals surface area contributed by atoms with Gasteiger partial charge in [0.05, 0.1) is 11.9 Å². The van der Waals surface area contributed by atoms with Crippen LogP contribution >= 0.6 is 12.4 Å². The van der Waals surface area contributed by atoms with Gasteiger partial charge >= 0.3 is 6.18 Å². The van der Waals surface area contributed by atoms with E-state index in [0.29, 0.717) is 5.69 Å².